The van der Waals surface area contributed by atoms with Gasteiger partial charge in [0.2, 0.25) is 0 Å². The molecule has 3 rings (SSSR count). The van der Waals surface area contributed by atoms with E-state index in [1.807, 2.05) is 18.2 Å². The first-order chi connectivity index (χ1) is 7.70. The third-order valence-electron chi connectivity index (χ3n) is 4.28. The van der Waals surface area contributed by atoms with E-state index in [0.29, 0.717) is 11.8 Å². The summed E-state index contributed by atoms with van der Waals surface area (Å²) in [5.74, 6) is 1.01. The SMILES string of the molecule is CC1=C[C@@H]2[C@@H](CC[C@]2(O)c2ccccc2)C1. The maximum atomic E-state index is 10.9. The molecule has 1 nitrogen and oxygen atoms in total. The summed E-state index contributed by atoms with van der Waals surface area (Å²) >= 11 is 0. The molecule has 0 spiro atoms. The number of fused-ring (bicyclic) bond motifs is 1. The van der Waals surface area contributed by atoms with Crippen LogP contribution >= 0.6 is 0 Å². The van der Waals surface area contributed by atoms with Gasteiger partial charge in [-0.15, -0.1) is 0 Å². The highest BCUT2D eigenvalue weighted by atomic mass is 16.3. The number of benzene rings is 1. The topological polar surface area (TPSA) is 20.2 Å². The Morgan fingerprint density at radius 3 is 2.75 bits per heavy atom. The largest absolute Gasteiger partial charge is 0.385 e. The van der Waals surface area contributed by atoms with E-state index in [-0.39, 0.29) is 0 Å². The smallest absolute Gasteiger partial charge is 0.0961 e. The van der Waals surface area contributed by atoms with Gasteiger partial charge in [-0.05, 0) is 37.7 Å². The fraction of sp³-hybridized carbons (Fsp3) is 0.467. The van der Waals surface area contributed by atoms with Gasteiger partial charge in [-0.3, -0.25) is 0 Å². The van der Waals surface area contributed by atoms with Crippen molar-refractivity contribution in [3.05, 3.63) is 47.5 Å². The van der Waals surface area contributed by atoms with Gasteiger partial charge in [-0.2, -0.15) is 0 Å². The van der Waals surface area contributed by atoms with Gasteiger partial charge in [0, 0.05) is 5.92 Å². The van der Waals surface area contributed by atoms with Gasteiger partial charge in [0.05, 0.1) is 5.60 Å². The molecule has 1 saturated carbocycles. The van der Waals surface area contributed by atoms with Crippen molar-refractivity contribution < 1.29 is 5.11 Å². The summed E-state index contributed by atoms with van der Waals surface area (Å²) in [6.07, 6.45) is 5.55. The van der Waals surface area contributed by atoms with Gasteiger partial charge in [-0.1, -0.05) is 42.0 Å². The highest BCUT2D eigenvalue weighted by molar-refractivity contribution is 5.30. The van der Waals surface area contributed by atoms with Crippen LogP contribution in [-0.4, -0.2) is 5.11 Å². The Morgan fingerprint density at radius 2 is 2.00 bits per heavy atom. The molecule has 84 valence electrons. The lowest BCUT2D eigenvalue weighted by molar-refractivity contribution is 0.00951. The monoisotopic (exact) mass is 214 g/mol. The summed E-state index contributed by atoms with van der Waals surface area (Å²) in [6, 6.07) is 10.2. The minimum Gasteiger partial charge on any atom is -0.385 e. The molecule has 1 aromatic carbocycles. The van der Waals surface area contributed by atoms with Crippen molar-refractivity contribution >= 4 is 0 Å². The van der Waals surface area contributed by atoms with Crippen molar-refractivity contribution in [2.45, 2.75) is 31.8 Å². The van der Waals surface area contributed by atoms with Crippen LogP contribution in [0.2, 0.25) is 0 Å². The molecule has 0 saturated heterocycles. The Hall–Kier alpha value is -1.08. The Kier molecular flexibility index (Phi) is 2.18. The van der Waals surface area contributed by atoms with Gasteiger partial charge >= 0.3 is 0 Å². The maximum absolute atomic E-state index is 10.9. The molecule has 1 aromatic rings. The molecule has 0 aromatic heterocycles. The number of hydrogen-bond donors (Lipinski definition) is 1. The highest BCUT2D eigenvalue weighted by Gasteiger charge is 2.48. The van der Waals surface area contributed by atoms with Crippen LogP contribution in [0.1, 0.15) is 31.7 Å². The molecule has 3 atom stereocenters. The first-order valence-corrected chi connectivity index (χ1v) is 6.15. The Bertz CT molecular complexity index is 420. The molecule has 2 aliphatic carbocycles. The van der Waals surface area contributed by atoms with Crippen LogP contribution < -0.4 is 0 Å². The first kappa shape index (κ1) is 10.1. The predicted molar refractivity (Wildman–Crippen MR) is 64.9 cm³/mol. The lowest BCUT2D eigenvalue weighted by Gasteiger charge is -2.29. The lowest BCUT2D eigenvalue weighted by Crippen LogP contribution is -2.30. The van der Waals surface area contributed by atoms with Gasteiger partial charge in [-0.25, -0.2) is 0 Å². The summed E-state index contributed by atoms with van der Waals surface area (Å²) in [5.41, 5.74) is 1.93. The zero-order chi connectivity index (χ0) is 11.2. The fourth-order valence-corrected chi connectivity index (χ4v) is 3.50. The van der Waals surface area contributed by atoms with Crippen molar-refractivity contribution in [1.29, 1.82) is 0 Å². The standard InChI is InChI=1S/C15H18O/c1-11-9-12-7-8-15(16,14(12)10-11)13-5-3-2-4-6-13/h2-6,10,12,14,16H,7-9H2,1H3/t12-,14+,15-/m0/s1. The number of allylic oxidation sites excluding steroid dienone is 1. The molecule has 0 amide bonds. The molecule has 0 radical (unpaired) electrons. The molecule has 0 heterocycles. The minimum absolute atomic E-state index is 0.342. The number of aliphatic hydroxyl groups is 1. The number of hydrogen-bond acceptors (Lipinski definition) is 1. The van der Waals surface area contributed by atoms with Crippen LogP contribution in [0.3, 0.4) is 0 Å². The van der Waals surface area contributed by atoms with Crippen LogP contribution in [0.15, 0.2) is 42.0 Å². The van der Waals surface area contributed by atoms with Gasteiger partial charge in [0.25, 0.3) is 0 Å². The predicted octanol–water partition coefficient (Wildman–Crippen LogP) is 3.25. The highest BCUT2D eigenvalue weighted by Crippen LogP contribution is 2.53. The summed E-state index contributed by atoms with van der Waals surface area (Å²) in [7, 11) is 0. The zero-order valence-corrected chi connectivity index (χ0v) is 9.69. The molecule has 1 N–H and O–H groups in total. The second-order valence-electron chi connectivity index (χ2n) is 5.33. The van der Waals surface area contributed by atoms with E-state index in [4.69, 9.17) is 0 Å². The van der Waals surface area contributed by atoms with Crippen LogP contribution in [0.25, 0.3) is 0 Å². The second kappa shape index (κ2) is 3.46. The average Bonchev–Trinajstić information content (AvgIpc) is 2.81. The molecule has 1 fully saturated rings. The molecule has 1 heteroatoms. The first-order valence-electron chi connectivity index (χ1n) is 6.15. The van der Waals surface area contributed by atoms with Crippen LogP contribution in [0, 0.1) is 11.8 Å². The molecular weight excluding hydrogens is 196 g/mol. The van der Waals surface area contributed by atoms with Gasteiger partial charge in [0.15, 0.2) is 0 Å². The van der Waals surface area contributed by atoms with E-state index in [1.54, 1.807) is 0 Å². The van der Waals surface area contributed by atoms with Crippen molar-refractivity contribution in [2.24, 2.45) is 11.8 Å². The fourth-order valence-electron chi connectivity index (χ4n) is 3.50. The lowest BCUT2D eigenvalue weighted by atomic mass is 9.82. The maximum Gasteiger partial charge on any atom is 0.0961 e. The average molecular weight is 214 g/mol. The summed E-state index contributed by atoms with van der Waals surface area (Å²) in [6.45, 7) is 2.18. The van der Waals surface area contributed by atoms with E-state index < -0.39 is 5.60 Å². The van der Waals surface area contributed by atoms with E-state index in [1.165, 1.54) is 12.0 Å². The van der Waals surface area contributed by atoms with Crippen LogP contribution in [0.5, 0.6) is 0 Å². The molecular formula is C15H18O. The van der Waals surface area contributed by atoms with Crippen LogP contribution in [-0.2, 0) is 5.60 Å². The van der Waals surface area contributed by atoms with Crippen molar-refractivity contribution in [2.75, 3.05) is 0 Å². The molecule has 0 bridgehead atoms. The zero-order valence-electron chi connectivity index (χ0n) is 9.69. The molecule has 2 aliphatic rings. The minimum atomic E-state index is -0.607. The van der Waals surface area contributed by atoms with Crippen LogP contribution in [0.4, 0.5) is 0 Å². The summed E-state index contributed by atoms with van der Waals surface area (Å²) in [4.78, 5) is 0. The summed E-state index contributed by atoms with van der Waals surface area (Å²) < 4.78 is 0. The summed E-state index contributed by atoms with van der Waals surface area (Å²) in [5, 5.41) is 10.9. The van der Waals surface area contributed by atoms with E-state index in [2.05, 4.69) is 25.1 Å². The normalized spacial score (nSPS) is 37.2. The van der Waals surface area contributed by atoms with Crippen molar-refractivity contribution in [3.63, 3.8) is 0 Å². The molecule has 0 unspecified atom stereocenters. The second-order valence-corrected chi connectivity index (χ2v) is 5.33. The molecule has 16 heavy (non-hydrogen) atoms. The Morgan fingerprint density at radius 1 is 1.25 bits per heavy atom. The Balaban J connectivity index is 2.00. The number of rotatable bonds is 1. The van der Waals surface area contributed by atoms with Gasteiger partial charge in [0.1, 0.15) is 0 Å². The third kappa shape index (κ3) is 1.35. The van der Waals surface area contributed by atoms with E-state index >= 15 is 0 Å². The molecule has 0 aliphatic heterocycles. The third-order valence-corrected chi connectivity index (χ3v) is 4.28. The Labute approximate surface area is 96.8 Å². The van der Waals surface area contributed by atoms with E-state index in [0.717, 1.165) is 18.4 Å². The quantitative estimate of drug-likeness (QED) is 0.711. The van der Waals surface area contributed by atoms with Crippen molar-refractivity contribution in [1.82, 2.24) is 0 Å². The van der Waals surface area contributed by atoms with E-state index in [9.17, 15) is 5.11 Å². The van der Waals surface area contributed by atoms with Crippen molar-refractivity contribution in [3.8, 4) is 0 Å². The van der Waals surface area contributed by atoms with Gasteiger partial charge < -0.3 is 5.11 Å².